The minimum absolute atomic E-state index is 0.259. The molecule has 0 saturated carbocycles. The van der Waals surface area contributed by atoms with E-state index in [0.717, 1.165) is 6.54 Å². The molecule has 1 unspecified atom stereocenters. The van der Waals surface area contributed by atoms with Gasteiger partial charge in [-0.15, -0.1) is 0 Å². The van der Waals surface area contributed by atoms with Crippen LogP contribution in [-0.2, 0) is 0 Å². The van der Waals surface area contributed by atoms with Gasteiger partial charge in [0.25, 0.3) is 0 Å². The van der Waals surface area contributed by atoms with Crippen LogP contribution in [0, 0.1) is 0 Å². The molecule has 0 fully saturated rings. The fourth-order valence-electron chi connectivity index (χ4n) is 1.11. The quantitative estimate of drug-likeness (QED) is 0.494. The number of nitrogens with one attached hydrogen (secondary N) is 1. The van der Waals surface area contributed by atoms with E-state index in [1.165, 1.54) is 5.57 Å². The lowest BCUT2D eigenvalue weighted by Gasteiger charge is -2.08. The van der Waals surface area contributed by atoms with E-state index in [9.17, 15) is 0 Å². The van der Waals surface area contributed by atoms with Crippen LogP contribution in [-0.4, -0.2) is 18.9 Å². The largest absolute Gasteiger partial charge is 0.288 e. The van der Waals surface area contributed by atoms with Gasteiger partial charge in [0.2, 0.25) is 0 Å². The molecule has 2 heteroatoms. The van der Waals surface area contributed by atoms with Gasteiger partial charge in [0, 0.05) is 12.8 Å². The summed E-state index contributed by atoms with van der Waals surface area (Å²) in [6.45, 7) is 0.960. The normalized spacial score (nSPS) is 30.2. The van der Waals surface area contributed by atoms with Crippen LogP contribution < -0.4 is 5.32 Å². The number of fused-ring (bicyclic) bond motifs is 1. The Balaban J connectivity index is 2.33. The number of hydrogen-bond acceptors (Lipinski definition) is 2. The van der Waals surface area contributed by atoms with Gasteiger partial charge in [0.15, 0.2) is 0 Å². The lowest BCUT2D eigenvalue weighted by atomic mass is 10.2. The highest BCUT2D eigenvalue weighted by atomic mass is 15.1. The van der Waals surface area contributed by atoms with E-state index in [-0.39, 0.29) is 6.17 Å². The van der Waals surface area contributed by atoms with Crippen LogP contribution in [0.2, 0.25) is 0 Å². The lowest BCUT2D eigenvalue weighted by molar-refractivity contribution is 0.685. The van der Waals surface area contributed by atoms with Gasteiger partial charge >= 0.3 is 0 Å². The third-order valence-corrected chi connectivity index (χ3v) is 1.57. The number of rotatable bonds is 0. The molecule has 0 aliphatic carbocycles. The van der Waals surface area contributed by atoms with Crippen molar-refractivity contribution in [2.45, 2.75) is 6.17 Å². The molecule has 46 valence electrons. The van der Waals surface area contributed by atoms with E-state index in [0.29, 0.717) is 0 Å². The monoisotopic (exact) mass is 120 g/mol. The Hall–Kier alpha value is -0.890. The zero-order chi connectivity index (χ0) is 6.10. The maximum atomic E-state index is 4.20. The van der Waals surface area contributed by atoms with Crippen LogP contribution >= 0.6 is 0 Å². The topological polar surface area (TPSA) is 24.4 Å². The highest BCUT2D eigenvalue weighted by Crippen LogP contribution is 2.12. The van der Waals surface area contributed by atoms with Crippen LogP contribution in [0.3, 0.4) is 0 Å². The minimum atomic E-state index is 0.259. The summed E-state index contributed by atoms with van der Waals surface area (Å²) in [5, 5.41) is 3.22. The lowest BCUT2D eigenvalue weighted by Crippen LogP contribution is -2.23. The van der Waals surface area contributed by atoms with Crippen molar-refractivity contribution >= 4 is 6.21 Å². The predicted octanol–water partition coefficient (Wildman–Crippen LogP) is 0.483. The second-order valence-electron chi connectivity index (χ2n) is 2.17. The van der Waals surface area contributed by atoms with Crippen molar-refractivity contribution in [3.63, 3.8) is 0 Å². The third kappa shape index (κ3) is 0.715. The zero-order valence-corrected chi connectivity index (χ0v) is 5.04. The van der Waals surface area contributed by atoms with Crippen molar-refractivity contribution in [3.05, 3.63) is 23.8 Å². The highest BCUT2D eigenvalue weighted by Gasteiger charge is 2.14. The Labute approximate surface area is 54.0 Å². The smallest absolute Gasteiger partial charge is 0.125 e. The molecule has 0 radical (unpaired) electrons. The SMILES string of the molecule is C1=CC2=CCNC2N=C1. The molecule has 2 rings (SSSR count). The molecule has 1 atom stereocenters. The summed E-state index contributed by atoms with van der Waals surface area (Å²) in [6.07, 6.45) is 8.32. The number of allylic oxidation sites excluding steroid dienone is 1. The first-order valence-electron chi connectivity index (χ1n) is 3.10. The summed E-state index contributed by atoms with van der Waals surface area (Å²) >= 11 is 0. The van der Waals surface area contributed by atoms with Gasteiger partial charge in [0.05, 0.1) is 0 Å². The average molecular weight is 120 g/mol. The molecular weight excluding hydrogens is 112 g/mol. The Morgan fingerprint density at radius 1 is 1.67 bits per heavy atom. The molecule has 0 aromatic heterocycles. The van der Waals surface area contributed by atoms with Crippen LogP contribution in [0.15, 0.2) is 28.8 Å². The van der Waals surface area contributed by atoms with Gasteiger partial charge < -0.3 is 0 Å². The molecule has 0 aromatic rings. The van der Waals surface area contributed by atoms with Gasteiger partial charge in [-0.1, -0.05) is 12.2 Å². The summed E-state index contributed by atoms with van der Waals surface area (Å²) in [4.78, 5) is 4.20. The van der Waals surface area contributed by atoms with Crippen LogP contribution in [0.5, 0.6) is 0 Å². The van der Waals surface area contributed by atoms with Gasteiger partial charge in [0.1, 0.15) is 6.17 Å². The van der Waals surface area contributed by atoms with Crippen molar-refractivity contribution < 1.29 is 0 Å². The van der Waals surface area contributed by atoms with E-state index in [1.807, 2.05) is 12.3 Å². The number of nitrogens with zero attached hydrogens (tertiary/aromatic N) is 1. The molecular formula is C7H8N2. The van der Waals surface area contributed by atoms with Gasteiger partial charge in [-0.05, 0) is 11.6 Å². The van der Waals surface area contributed by atoms with Crippen molar-refractivity contribution in [1.82, 2.24) is 5.32 Å². The Morgan fingerprint density at radius 2 is 2.67 bits per heavy atom. The Bertz CT molecular complexity index is 198. The number of dihydropyridines is 1. The van der Waals surface area contributed by atoms with Crippen LogP contribution in [0.4, 0.5) is 0 Å². The fourth-order valence-corrected chi connectivity index (χ4v) is 1.11. The van der Waals surface area contributed by atoms with E-state index in [1.54, 1.807) is 0 Å². The van der Waals surface area contributed by atoms with Crippen LogP contribution in [0.25, 0.3) is 0 Å². The van der Waals surface area contributed by atoms with E-state index in [2.05, 4.69) is 22.5 Å². The van der Waals surface area contributed by atoms with Crippen molar-refractivity contribution in [3.8, 4) is 0 Å². The molecule has 0 spiro atoms. The number of aliphatic imine (C=N–C) groups is 1. The summed E-state index contributed by atoms with van der Waals surface area (Å²) < 4.78 is 0. The maximum absolute atomic E-state index is 4.20. The molecule has 2 aliphatic heterocycles. The van der Waals surface area contributed by atoms with Crippen LogP contribution in [0.1, 0.15) is 0 Å². The number of hydrogen-bond donors (Lipinski definition) is 1. The first-order chi connectivity index (χ1) is 4.47. The summed E-state index contributed by atoms with van der Waals surface area (Å²) in [7, 11) is 0. The average Bonchev–Trinajstić information content (AvgIpc) is 2.33. The van der Waals surface area contributed by atoms with Crippen molar-refractivity contribution in [2.24, 2.45) is 4.99 Å². The standard InChI is InChI=1S/C7H8N2/c1-2-6-3-5-9-7(6)8-4-1/h1-4,7,9H,5H2. The van der Waals surface area contributed by atoms with Crippen molar-refractivity contribution in [2.75, 3.05) is 6.54 Å². The molecule has 0 amide bonds. The summed E-state index contributed by atoms with van der Waals surface area (Å²) in [6, 6.07) is 0. The second-order valence-corrected chi connectivity index (χ2v) is 2.17. The van der Waals surface area contributed by atoms with E-state index in [4.69, 9.17) is 0 Å². The highest BCUT2D eigenvalue weighted by molar-refractivity contribution is 5.74. The predicted molar refractivity (Wildman–Crippen MR) is 37.5 cm³/mol. The molecule has 0 bridgehead atoms. The van der Waals surface area contributed by atoms with Gasteiger partial charge in [-0.3, -0.25) is 10.3 Å². The molecule has 1 N–H and O–H groups in total. The van der Waals surface area contributed by atoms with E-state index >= 15 is 0 Å². The molecule has 0 saturated heterocycles. The maximum Gasteiger partial charge on any atom is 0.125 e. The fraction of sp³-hybridized carbons (Fsp3) is 0.286. The molecule has 0 aromatic carbocycles. The Morgan fingerprint density at radius 3 is 3.56 bits per heavy atom. The Kier molecular flexibility index (Phi) is 0.993. The zero-order valence-electron chi connectivity index (χ0n) is 5.04. The second kappa shape index (κ2) is 1.81. The summed E-state index contributed by atoms with van der Waals surface area (Å²) in [5.41, 5.74) is 1.30. The molecule has 2 nitrogen and oxygen atoms in total. The third-order valence-electron chi connectivity index (χ3n) is 1.57. The summed E-state index contributed by atoms with van der Waals surface area (Å²) in [5.74, 6) is 0. The minimum Gasteiger partial charge on any atom is -0.288 e. The van der Waals surface area contributed by atoms with Crippen molar-refractivity contribution in [1.29, 1.82) is 0 Å². The molecule has 9 heavy (non-hydrogen) atoms. The molecule has 2 heterocycles. The van der Waals surface area contributed by atoms with Gasteiger partial charge in [-0.25, -0.2) is 0 Å². The first kappa shape index (κ1) is 4.94. The molecule has 2 aliphatic rings. The van der Waals surface area contributed by atoms with E-state index < -0.39 is 0 Å². The van der Waals surface area contributed by atoms with Gasteiger partial charge in [-0.2, -0.15) is 0 Å². The first-order valence-corrected chi connectivity index (χ1v) is 3.10.